The Labute approximate surface area is 115 Å². The zero-order valence-corrected chi connectivity index (χ0v) is 11.8. The van der Waals surface area contributed by atoms with E-state index in [9.17, 15) is 4.79 Å². The molecule has 3 heterocycles. The van der Waals surface area contributed by atoms with E-state index in [2.05, 4.69) is 27.2 Å². The summed E-state index contributed by atoms with van der Waals surface area (Å²) in [6.45, 7) is 2.89. The van der Waals surface area contributed by atoms with E-state index < -0.39 is 0 Å². The van der Waals surface area contributed by atoms with Gasteiger partial charge in [0, 0.05) is 6.04 Å². The lowest BCUT2D eigenvalue weighted by atomic mass is 10.1. The number of nitrogens with one attached hydrogen (secondary N) is 2. The number of piperidine rings is 1. The maximum Gasteiger partial charge on any atom is 0.268 e. The van der Waals surface area contributed by atoms with Crippen molar-refractivity contribution in [2.24, 2.45) is 0 Å². The van der Waals surface area contributed by atoms with Gasteiger partial charge in [-0.25, -0.2) is 4.98 Å². The number of H-pyrrole nitrogens is 1. The second-order valence-corrected chi connectivity index (χ2v) is 6.02. The van der Waals surface area contributed by atoms with Crippen molar-refractivity contribution < 1.29 is 0 Å². The molecule has 19 heavy (non-hydrogen) atoms. The van der Waals surface area contributed by atoms with Crippen LogP contribution in [0.1, 0.15) is 18.7 Å². The first-order valence-electron chi connectivity index (χ1n) is 6.61. The molecule has 1 fully saturated rings. The number of hydrogen-bond donors (Lipinski definition) is 2. The highest BCUT2D eigenvalue weighted by Crippen LogP contribution is 2.14. The maximum atomic E-state index is 11.8. The Balaban J connectivity index is 1.66. The molecule has 0 saturated carbocycles. The number of fused-ring (bicyclic) bond motifs is 1. The predicted molar refractivity (Wildman–Crippen MR) is 77.6 cm³/mol. The van der Waals surface area contributed by atoms with Crippen molar-refractivity contribution in [3.05, 3.63) is 27.6 Å². The molecule has 1 aliphatic rings. The third kappa shape index (κ3) is 2.86. The third-order valence-corrected chi connectivity index (χ3v) is 4.54. The monoisotopic (exact) mass is 278 g/mol. The van der Waals surface area contributed by atoms with Crippen molar-refractivity contribution in [3.63, 3.8) is 0 Å². The maximum absolute atomic E-state index is 11.8. The van der Waals surface area contributed by atoms with Gasteiger partial charge in [0.05, 0.1) is 12.1 Å². The largest absolute Gasteiger partial charge is 0.308 e. The molecule has 6 heteroatoms. The van der Waals surface area contributed by atoms with Gasteiger partial charge < -0.3 is 15.2 Å². The van der Waals surface area contributed by atoms with Crippen LogP contribution in [-0.4, -0.2) is 41.0 Å². The molecule has 1 saturated heterocycles. The Morgan fingerprint density at radius 2 is 2.32 bits per heavy atom. The minimum absolute atomic E-state index is 0.0276. The lowest BCUT2D eigenvalue weighted by molar-refractivity contribution is 0.233. The zero-order valence-electron chi connectivity index (χ0n) is 11.0. The van der Waals surface area contributed by atoms with Gasteiger partial charge in [-0.1, -0.05) is 0 Å². The van der Waals surface area contributed by atoms with Crippen molar-refractivity contribution in [1.29, 1.82) is 0 Å². The summed E-state index contributed by atoms with van der Waals surface area (Å²) < 4.78 is 0.711. The fraction of sp³-hybridized carbons (Fsp3) is 0.538. The summed E-state index contributed by atoms with van der Waals surface area (Å²) in [7, 11) is 2.15. The van der Waals surface area contributed by atoms with Crippen LogP contribution in [0.25, 0.3) is 10.2 Å². The first-order chi connectivity index (χ1) is 9.22. The summed E-state index contributed by atoms with van der Waals surface area (Å²) in [6, 6.07) is 2.42. The molecule has 0 atom stereocenters. The molecule has 0 aliphatic carbocycles. The summed E-state index contributed by atoms with van der Waals surface area (Å²) in [5.74, 6) is 0.731. The van der Waals surface area contributed by atoms with Crippen molar-refractivity contribution in [2.45, 2.75) is 25.4 Å². The number of rotatable bonds is 3. The Morgan fingerprint density at radius 3 is 3.11 bits per heavy atom. The van der Waals surface area contributed by atoms with Crippen LogP contribution in [0.4, 0.5) is 0 Å². The van der Waals surface area contributed by atoms with Crippen LogP contribution in [-0.2, 0) is 6.54 Å². The first kappa shape index (κ1) is 12.8. The Hall–Kier alpha value is -1.24. The van der Waals surface area contributed by atoms with Crippen LogP contribution >= 0.6 is 11.3 Å². The van der Waals surface area contributed by atoms with Gasteiger partial charge in [0.25, 0.3) is 5.56 Å². The van der Waals surface area contributed by atoms with E-state index >= 15 is 0 Å². The van der Waals surface area contributed by atoms with E-state index in [1.165, 1.54) is 11.3 Å². The average molecular weight is 278 g/mol. The second-order valence-electron chi connectivity index (χ2n) is 5.11. The van der Waals surface area contributed by atoms with Gasteiger partial charge in [0.15, 0.2) is 0 Å². The summed E-state index contributed by atoms with van der Waals surface area (Å²) in [6.07, 6.45) is 2.31. The fourth-order valence-corrected chi connectivity index (χ4v) is 3.18. The van der Waals surface area contributed by atoms with Crippen LogP contribution in [0, 0.1) is 0 Å². The minimum atomic E-state index is -0.0276. The molecule has 2 aromatic heterocycles. The summed E-state index contributed by atoms with van der Waals surface area (Å²) in [5.41, 5.74) is 0.772. The molecule has 3 rings (SSSR count). The first-order valence-corrected chi connectivity index (χ1v) is 7.48. The van der Waals surface area contributed by atoms with Gasteiger partial charge in [0.2, 0.25) is 0 Å². The number of aromatic nitrogens is 2. The summed E-state index contributed by atoms with van der Waals surface area (Å²) >= 11 is 1.44. The van der Waals surface area contributed by atoms with E-state index in [4.69, 9.17) is 0 Å². The van der Waals surface area contributed by atoms with Crippen molar-refractivity contribution in [1.82, 2.24) is 20.2 Å². The summed E-state index contributed by atoms with van der Waals surface area (Å²) in [4.78, 5) is 21.5. The number of nitrogens with zero attached hydrogens (tertiary/aromatic N) is 2. The lowest BCUT2D eigenvalue weighted by Gasteiger charge is -2.29. The van der Waals surface area contributed by atoms with Crippen molar-refractivity contribution >= 4 is 21.6 Å². The SMILES string of the molecule is CN1CCC(NCc2nc3ccsc3c(=O)[nH]2)CC1. The molecule has 2 aromatic rings. The number of aromatic amines is 1. The molecule has 0 unspecified atom stereocenters. The van der Waals surface area contributed by atoms with E-state index in [1.807, 2.05) is 11.4 Å². The van der Waals surface area contributed by atoms with Gasteiger partial charge in [-0.15, -0.1) is 11.3 Å². The minimum Gasteiger partial charge on any atom is -0.308 e. The standard InChI is InChI=1S/C13H18N4OS/c1-17-5-2-9(3-6-17)14-8-11-15-10-4-7-19-12(10)13(18)16-11/h4,7,9,14H,2-3,5-6,8H2,1H3,(H,15,16,18). The summed E-state index contributed by atoms with van der Waals surface area (Å²) in [5, 5.41) is 5.39. The normalized spacial score (nSPS) is 18.2. The smallest absolute Gasteiger partial charge is 0.268 e. The van der Waals surface area contributed by atoms with Crippen LogP contribution in [0.3, 0.4) is 0 Å². The molecule has 102 valence electrons. The lowest BCUT2D eigenvalue weighted by Crippen LogP contribution is -2.40. The molecule has 2 N–H and O–H groups in total. The quantitative estimate of drug-likeness (QED) is 0.885. The highest BCUT2D eigenvalue weighted by Gasteiger charge is 2.16. The van der Waals surface area contributed by atoms with Crippen LogP contribution in [0.2, 0.25) is 0 Å². The zero-order chi connectivity index (χ0) is 13.2. The van der Waals surface area contributed by atoms with Gasteiger partial charge in [-0.3, -0.25) is 4.79 Å². The second kappa shape index (κ2) is 5.40. The third-order valence-electron chi connectivity index (χ3n) is 3.64. The average Bonchev–Trinajstić information content (AvgIpc) is 2.87. The van der Waals surface area contributed by atoms with Crippen LogP contribution < -0.4 is 10.9 Å². The number of likely N-dealkylation sites (tertiary alicyclic amines) is 1. The van der Waals surface area contributed by atoms with Crippen LogP contribution in [0.15, 0.2) is 16.2 Å². The predicted octanol–water partition coefficient (Wildman–Crippen LogP) is 1.17. The van der Waals surface area contributed by atoms with Crippen molar-refractivity contribution in [3.8, 4) is 0 Å². The van der Waals surface area contributed by atoms with E-state index in [1.54, 1.807) is 0 Å². The molecule has 5 nitrogen and oxygen atoms in total. The Morgan fingerprint density at radius 1 is 1.53 bits per heavy atom. The van der Waals surface area contributed by atoms with Gasteiger partial charge >= 0.3 is 0 Å². The molecule has 0 amide bonds. The van der Waals surface area contributed by atoms with Crippen molar-refractivity contribution in [2.75, 3.05) is 20.1 Å². The molecule has 1 aliphatic heterocycles. The highest BCUT2D eigenvalue weighted by atomic mass is 32.1. The molecule has 0 radical (unpaired) electrons. The van der Waals surface area contributed by atoms with Gasteiger partial charge in [-0.2, -0.15) is 0 Å². The Kier molecular flexibility index (Phi) is 3.63. The topological polar surface area (TPSA) is 61.0 Å². The van der Waals surface area contributed by atoms with E-state index in [-0.39, 0.29) is 5.56 Å². The Bertz CT molecular complexity index is 612. The molecular formula is C13H18N4OS. The molecule has 0 bridgehead atoms. The molecular weight excluding hydrogens is 260 g/mol. The molecule has 0 spiro atoms. The fourth-order valence-electron chi connectivity index (χ4n) is 2.46. The van der Waals surface area contributed by atoms with Crippen LogP contribution in [0.5, 0.6) is 0 Å². The van der Waals surface area contributed by atoms with Gasteiger partial charge in [0.1, 0.15) is 10.5 Å². The number of thiophene rings is 1. The molecule has 0 aromatic carbocycles. The van der Waals surface area contributed by atoms with Gasteiger partial charge in [-0.05, 0) is 44.4 Å². The van der Waals surface area contributed by atoms with E-state index in [0.29, 0.717) is 17.3 Å². The van der Waals surface area contributed by atoms with E-state index in [0.717, 1.165) is 37.3 Å². The highest BCUT2D eigenvalue weighted by molar-refractivity contribution is 7.17. The number of hydrogen-bond acceptors (Lipinski definition) is 5.